The fourth-order valence-corrected chi connectivity index (χ4v) is 4.71. The zero-order valence-electron chi connectivity index (χ0n) is 14.9. The van der Waals surface area contributed by atoms with E-state index in [0.717, 1.165) is 0 Å². The highest BCUT2D eigenvalue weighted by atomic mass is 16.5. The van der Waals surface area contributed by atoms with Gasteiger partial charge in [0.15, 0.2) is 11.5 Å². The molecule has 7 heteroatoms. The molecule has 26 heavy (non-hydrogen) atoms. The predicted octanol–water partition coefficient (Wildman–Crippen LogP) is 1.03. The molecule has 0 radical (unpaired) electrons. The molecule has 2 N–H and O–H groups in total. The highest BCUT2D eigenvalue weighted by Gasteiger charge is 2.56. The van der Waals surface area contributed by atoms with Crippen LogP contribution in [0.3, 0.4) is 0 Å². The van der Waals surface area contributed by atoms with Crippen LogP contribution in [0.2, 0.25) is 0 Å². The SMILES string of the molecule is COc1cccc(C(=O)N2C[C@H]3COCC[C@@]3(O)[C@@H]3COCC[C@@H]32)c1O. The number of aliphatic hydroxyl groups is 1. The van der Waals surface area contributed by atoms with Crippen molar-refractivity contribution in [2.24, 2.45) is 11.8 Å². The molecule has 0 unspecified atom stereocenters. The Morgan fingerprint density at radius 2 is 2.12 bits per heavy atom. The van der Waals surface area contributed by atoms with E-state index in [1.54, 1.807) is 23.1 Å². The third-order valence-corrected chi connectivity index (χ3v) is 6.16. The molecule has 7 nitrogen and oxygen atoms in total. The van der Waals surface area contributed by atoms with Gasteiger partial charge in [-0.1, -0.05) is 6.07 Å². The van der Waals surface area contributed by atoms with Crippen LogP contribution < -0.4 is 4.74 Å². The Balaban J connectivity index is 1.68. The number of amides is 1. The Bertz CT molecular complexity index is 695. The Hall–Kier alpha value is -1.83. The normalized spacial score (nSPS) is 33.9. The van der Waals surface area contributed by atoms with Crippen LogP contribution in [-0.2, 0) is 9.47 Å². The molecule has 0 bridgehead atoms. The van der Waals surface area contributed by atoms with Crippen molar-refractivity contribution in [2.45, 2.75) is 24.5 Å². The van der Waals surface area contributed by atoms with E-state index in [1.807, 2.05) is 0 Å². The molecule has 0 aromatic heterocycles. The van der Waals surface area contributed by atoms with E-state index >= 15 is 0 Å². The van der Waals surface area contributed by atoms with Crippen molar-refractivity contribution < 1.29 is 29.2 Å². The number of carbonyl (C=O) groups excluding carboxylic acids is 1. The lowest BCUT2D eigenvalue weighted by Gasteiger charge is -2.57. The van der Waals surface area contributed by atoms with Crippen molar-refractivity contribution in [1.29, 1.82) is 0 Å². The van der Waals surface area contributed by atoms with Crippen molar-refractivity contribution in [2.75, 3.05) is 40.1 Å². The third kappa shape index (κ3) is 2.66. The van der Waals surface area contributed by atoms with Crippen LogP contribution in [0.4, 0.5) is 0 Å². The summed E-state index contributed by atoms with van der Waals surface area (Å²) in [6, 6.07) is 4.80. The molecule has 3 aliphatic rings. The first kappa shape index (κ1) is 17.6. The minimum atomic E-state index is -0.865. The average molecular weight is 363 g/mol. The number of likely N-dealkylation sites (tertiary alicyclic amines) is 1. The van der Waals surface area contributed by atoms with E-state index in [1.165, 1.54) is 7.11 Å². The summed E-state index contributed by atoms with van der Waals surface area (Å²) >= 11 is 0. The highest BCUT2D eigenvalue weighted by Crippen LogP contribution is 2.45. The van der Waals surface area contributed by atoms with Crippen LogP contribution in [0.5, 0.6) is 11.5 Å². The first-order valence-electron chi connectivity index (χ1n) is 9.11. The summed E-state index contributed by atoms with van der Waals surface area (Å²) in [6.07, 6.45) is 1.24. The summed E-state index contributed by atoms with van der Waals surface area (Å²) in [5, 5.41) is 21.7. The summed E-state index contributed by atoms with van der Waals surface area (Å²) in [7, 11) is 1.46. The maximum atomic E-state index is 13.3. The maximum Gasteiger partial charge on any atom is 0.258 e. The van der Waals surface area contributed by atoms with Crippen molar-refractivity contribution in [3.8, 4) is 11.5 Å². The number of hydrogen-bond donors (Lipinski definition) is 2. The molecule has 142 valence electrons. The van der Waals surface area contributed by atoms with Gasteiger partial charge in [-0.05, 0) is 18.6 Å². The molecule has 3 fully saturated rings. The van der Waals surface area contributed by atoms with E-state index in [4.69, 9.17) is 14.2 Å². The van der Waals surface area contributed by atoms with Gasteiger partial charge in [0.25, 0.3) is 5.91 Å². The molecular weight excluding hydrogens is 338 g/mol. The number of aromatic hydroxyl groups is 1. The molecule has 1 aromatic rings. The molecule has 0 aliphatic carbocycles. The lowest BCUT2D eigenvalue weighted by molar-refractivity contribution is -0.212. The Kier molecular flexibility index (Phi) is 4.54. The fraction of sp³-hybridized carbons (Fsp3) is 0.632. The molecule has 3 aliphatic heterocycles. The first-order chi connectivity index (χ1) is 12.6. The van der Waals surface area contributed by atoms with Crippen molar-refractivity contribution in [3.63, 3.8) is 0 Å². The predicted molar refractivity (Wildman–Crippen MR) is 92.3 cm³/mol. The van der Waals surface area contributed by atoms with Crippen molar-refractivity contribution in [1.82, 2.24) is 4.90 Å². The van der Waals surface area contributed by atoms with Crippen molar-refractivity contribution in [3.05, 3.63) is 23.8 Å². The first-order valence-corrected chi connectivity index (χ1v) is 9.11. The van der Waals surface area contributed by atoms with Crippen LogP contribution in [0.25, 0.3) is 0 Å². The van der Waals surface area contributed by atoms with Crippen LogP contribution in [-0.4, -0.2) is 72.7 Å². The molecular formula is C19H25NO6. The zero-order chi connectivity index (χ0) is 18.3. The minimum Gasteiger partial charge on any atom is -0.504 e. The topological polar surface area (TPSA) is 88.5 Å². The molecule has 1 aromatic carbocycles. The van der Waals surface area contributed by atoms with E-state index in [-0.39, 0.29) is 40.8 Å². The van der Waals surface area contributed by atoms with Gasteiger partial charge in [-0.2, -0.15) is 0 Å². The number of nitrogens with zero attached hydrogens (tertiary/aromatic N) is 1. The second-order valence-electron chi connectivity index (χ2n) is 7.36. The van der Waals surface area contributed by atoms with Gasteiger partial charge in [0.05, 0.1) is 31.5 Å². The quantitative estimate of drug-likeness (QED) is 0.816. The lowest BCUT2D eigenvalue weighted by atomic mass is 9.66. The van der Waals surface area contributed by atoms with Gasteiger partial charge in [0.1, 0.15) is 0 Å². The largest absolute Gasteiger partial charge is 0.504 e. The number of methoxy groups -OCH3 is 1. The highest BCUT2D eigenvalue weighted by molar-refractivity contribution is 5.98. The van der Waals surface area contributed by atoms with E-state index in [0.29, 0.717) is 45.8 Å². The number of benzene rings is 1. The van der Waals surface area contributed by atoms with Gasteiger partial charge in [-0.3, -0.25) is 4.79 Å². The summed E-state index contributed by atoms with van der Waals surface area (Å²) in [5.41, 5.74) is -0.645. The molecule has 3 heterocycles. The molecule has 0 saturated carbocycles. The fourth-order valence-electron chi connectivity index (χ4n) is 4.71. The molecule has 4 atom stereocenters. The van der Waals surface area contributed by atoms with Crippen LogP contribution in [0, 0.1) is 11.8 Å². The number of phenols is 1. The second-order valence-corrected chi connectivity index (χ2v) is 7.36. The van der Waals surface area contributed by atoms with E-state index < -0.39 is 5.60 Å². The van der Waals surface area contributed by atoms with Gasteiger partial charge < -0.3 is 29.3 Å². The van der Waals surface area contributed by atoms with Crippen LogP contribution in [0.1, 0.15) is 23.2 Å². The summed E-state index contributed by atoms with van der Waals surface area (Å²) in [5.74, 6) is -0.421. The summed E-state index contributed by atoms with van der Waals surface area (Å²) in [4.78, 5) is 15.1. The Morgan fingerprint density at radius 1 is 1.31 bits per heavy atom. The third-order valence-electron chi connectivity index (χ3n) is 6.16. The Labute approximate surface area is 152 Å². The summed E-state index contributed by atoms with van der Waals surface area (Å²) in [6.45, 7) is 2.36. The van der Waals surface area contributed by atoms with Gasteiger partial charge in [-0.25, -0.2) is 0 Å². The number of para-hydroxylation sites is 1. The number of hydrogen-bond acceptors (Lipinski definition) is 6. The van der Waals surface area contributed by atoms with Gasteiger partial charge in [-0.15, -0.1) is 0 Å². The molecule has 4 rings (SSSR count). The number of carbonyl (C=O) groups is 1. The molecule has 0 spiro atoms. The van der Waals surface area contributed by atoms with Gasteiger partial charge in [0, 0.05) is 44.1 Å². The monoisotopic (exact) mass is 363 g/mol. The molecule has 3 saturated heterocycles. The summed E-state index contributed by atoms with van der Waals surface area (Å²) < 4.78 is 16.3. The van der Waals surface area contributed by atoms with Gasteiger partial charge in [0.2, 0.25) is 0 Å². The van der Waals surface area contributed by atoms with Crippen LogP contribution in [0.15, 0.2) is 18.2 Å². The number of fused-ring (bicyclic) bond motifs is 3. The number of phenolic OH excluding ortho intramolecular Hbond substituents is 1. The second kappa shape index (κ2) is 6.72. The smallest absolute Gasteiger partial charge is 0.258 e. The maximum absolute atomic E-state index is 13.3. The standard InChI is InChI=1S/C19H25NO6/c1-24-16-4-2-3-13(17(16)21)18(22)20-9-12-10-26-8-6-19(12,23)14-11-25-7-5-15(14)20/h2-4,12,14-15,21,23H,5-11H2,1H3/t12-,14+,15-,19-/m0/s1. The zero-order valence-corrected chi connectivity index (χ0v) is 14.9. The number of rotatable bonds is 2. The number of piperidine rings is 1. The number of ether oxygens (including phenoxy) is 3. The average Bonchev–Trinajstić information content (AvgIpc) is 2.67. The van der Waals surface area contributed by atoms with Gasteiger partial charge >= 0.3 is 0 Å². The lowest BCUT2D eigenvalue weighted by Crippen LogP contribution is -2.68. The molecule has 1 amide bonds. The minimum absolute atomic E-state index is 0.110. The Morgan fingerprint density at radius 3 is 2.92 bits per heavy atom. The van der Waals surface area contributed by atoms with E-state index in [9.17, 15) is 15.0 Å². The van der Waals surface area contributed by atoms with Crippen LogP contribution >= 0.6 is 0 Å². The van der Waals surface area contributed by atoms with E-state index in [2.05, 4.69) is 0 Å². The van der Waals surface area contributed by atoms with Crippen molar-refractivity contribution >= 4 is 5.91 Å².